The van der Waals surface area contributed by atoms with Crippen molar-refractivity contribution in [3.63, 3.8) is 0 Å². The summed E-state index contributed by atoms with van der Waals surface area (Å²) in [6.45, 7) is 2.15. The molecule has 24 heavy (non-hydrogen) atoms. The molecule has 0 aromatic rings. The molecule has 140 valence electrons. The Morgan fingerprint density at radius 3 is 1.88 bits per heavy atom. The number of rotatable bonds is 14. The molecule has 0 radical (unpaired) electrons. The van der Waals surface area contributed by atoms with Gasteiger partial charge in [0.1, 0.15) is 0 Å². The summed E-state index contributed by atoms with van der Waals surface area (Å²) in [6, 6.07) is 0. The lowest BCUT2D eigenvalue weighted by atomic mass is 10.0. The van der Waals surface area contributed by atoms with E-state index in [0.29, 0.717) is 6.42 Å². The second kappa shape index (κ2) is 11.2. The van der Waals surface area contributed by atoms with Crippen LogP contribution >= 0.6 is 0 Å². The van der Waals surface area contributed by atoms with Crippen LogP contribution in [0.4, 0.5) is 0 Å². The number of carbonyl (C=O) groups is 2. The van der Waals surface area contributed by atoms with E-state index in [1.165, 1.54) is 31.8 Å². The Labute approximate surface area is 143 Å². The summed E-state index contributed by atoms with van der Waals surface area (Å²) >= 11 is 0. The zero-order chi connectivity index (χ0) is 18.6. The zero-order valence-corrected chi connectivity index (χ0v) is 14.9. The normalized spacial score (nSPS) is 14.6. The lowest BCUT2D eigenvalue weighted by Gasteiger charge is -2.20. The van der Waals surface area contributed by atoms with Crippen LogP contribution in [0.3, 0.4) is 0 Å². The van der Waals surface area contributed by atoms with Gasteiger partial charge in [-0.25, -0.2) is 0 Å². The highest BCUT2D eigenvalue weighted by molar-refractivity contribution is 7.88. The van der Waals surface area contributed by atoms with Crippen molar-refractivity contribution >= 4 is 22.1 Å². The standard InChI is InChI=1S/C16H28O7S/c1-2-3-4-5-6-7-8-9-10-11-12-16(15(19)20,13-14(17)18)24(21,22)23/h11-12H,2-10,13H2,1H3,(H,17,18)(H,19,20)(H,21,22,23). The van der Waals surface area contributed by atoms with Crippen LogP contribution in [0, 0.1) is 0 Å². The van der Waals surface area contributed by atoms with Crippen LogP contribution in [0.5, 0.6) is 0 Å². The van der Waals surface area contributed by atoms with Crippen LogP contribution in [0.25, 0.3) is 0 Å². The summed E-state index contributed by atoms with van der Waals surface area (Å²) in [5, 5.41) is 17.8. The highest BCUT2D eigenvalue weighted by atomic mass is 32.2. The second-order valence-electron chi connectivity index (χ2n) is 5.91. The first-order valence-electron chi connectivity index (χ1n) is 8.27. The van der Waals surface area contributed by atoms with Gasteiger partial charge < -0.3 is 10.2 Å². The van der Waals surface area contributed by atoms with Crippen molar-refractivity contribution in [2.75, 3.05) is 0 Å². The zero-order valence-electron chi connectivity index (χ0n) is 14.1. The molecule has 0 saturated heterocycles. The monoisotopic (exact) mass is 364 g/mol. The minimum Gasteiger partial charge on any atom is -0.481 e. The number of aliphatic carboxylic acids is 2. The predicted molar refractivity (Wildman–Crippen MR) is 90.5 cm³/mol. The average molecular weight is 364 g/mol. The number of hydrogen-bond acceptors (Lipinski definition) is 4. The molecule has 0 aliphatic carbocycles. The molecule has 0 bridgehead atoms. The molecular weight excluding hydrogens is 336 g/mol. The maximum atomic E-state index is 11.4. The van der Waals surface area contributed by atoms with Crippen molar-refractivity contribution < 1.29 is 32.8 Å². The van der Waals surface area contributed by atoms with E-state index in [-0.39, 0.29) is 0 Å². The predicted octanol–water partition coefficient (Wildman–Crippen LogP) is 3.26. The molecule has 3 N–H and O–H groups in total. The number of hydrogen-bond donors (Lipinski definition) is 3. The summed E-state index contributed by atoms with van der Waals surface area (Å²) < 4.78 is 29.1. The van der Waals surface area contributed by atoms with E-state index < -0.39 is 33.2 Å². The minimum absolute atomic E-state index is 0.430. The number of carboxylic acid groups (broad SMARTS) is 2. The van der Waals surface area contributed by atoms with Crippen LogP contribution in [0.15, 0.2) is 12.2 Å². The van der Waals surface area contributed by atoms with Gasteiger partial charge in [0.05, 0.1) is 6.42 Å². The highest BCUT2D eigenvalue weighted by Crippen LogP contribution is 2.24. The Morgan fingerprint density at radius 1 is 0.958 bits per heavy atom. The van der Waals surface area contributed by atoms with Crippen molar-refractivity contribution in [2.24, 2.45) is 0 Å². The molecule has 1 atom stereocenters. The minimum atomic E-state index is -5.10. The number of allylic oxidation sites excluding steroid dienone is 1. The molecule has 0 aromatic carbocycles. The number of unbranched alkanes of at least 4 members (excludes halogenated alkanes) is 8. The van der Waals surface area contributed by atoms with Crippen LogP contribution < -0.4 is 0 Å². The van der Waals surface area contributed by atoms with Gasteiger partial charge in [0, 0.05) is 0 Å². The van der Waals surface area contributed by atoms with Gasteiger partial charge in [0.15, 0.2) is 0 Å². The third-order valence-electron chi connectivity index (χ3n) is 3.85. The summed E-state index contributed by atoms with van der Waals surface area (Å²) in [5.41, 5.74) is 0. The molecule has 0 aliphatic rings. The molecule has 0 rings (SSSR count). The lowest BCUT2D eigenvalue weighted by Crippen LogP contribution is -2.46. The summed E-state index contributed by atoms with van der Waals surface area (Å²) in [5.74, 6) is -3.52. The molecule has 0 aromatic heterocycles. The SMILES string of the molecule is CCCCCCCCCCC=CC(CC(=O)O)(C(=O)O)S(=O)(=O)O. The Kier molecular flexibility index (Phi) is 10.5. The van der Waals surface area contributed by atoms with E-state index in [1.807, 2.05) is 0 Å². The van der Waals surface area contributed by atoms with Gasteiger partial charge in [-0.05, 0) is 12.8 Å². The molecule has 1 unspecified atom stereocenters. The lowest BCUT2D eigenvalue weighted by molar-refractivity contribution is -0.145. The highest BCUT2D eigenvalue weighted by Gasteiger charge is 2.50. The largest absolute Gasteiger partial charge is 0.481 e. The fourth-order valence-electron chi connectivity index (χ4n) is 2.39. The molecule has 0 spiro atoms. The molecule has 0 aliphatic heterocycles. The molecule has 8 heteroatoms. The molecule has 0 saturated carbocycles. The van der Waals surface area contributed by atoms with Crippen molar-refractivity contribution in [1.29, 1.82) is 0 Å². The molecule has 0 amide bonds. The summed E-state index contributed by atoms with van der Waals surface area (Å²) in [6.07, 6.45) is 10.0. The Balaban J connectivity index is 4.48. The molecular formula is C16H28O7S. The van der Waals surface area contributed by atoms with E-state index in [0.717, 1.165) is 31.8 Å². The summed E-state index contributed by atoms with van der Waals surface area (Å²) in [7, 11) is -5.10. The van der Waals surface area contributed by atoms with E-state index in [9.17, 15) is 18.0 Å². The van der Waals surface area contributed by atoms with Gasteiger partial charge in [-0.1, -0.05) is 64.0 Å². The summed E-state index contributed by atoms with van der Waals surface area (Å²) in [4.78, 5) is 22.0. The van der Waals surface area contributed by atoms with Crippen LogP contribution in [0.2, 0.25) is 0 Å². The quantitative estimate of drug-likeness (QED) is 0.245. The third-order valence-corrected chi connectivity index (χ3v) is 5.22. The fourth-order valence-corrected chi connectivity index (χ4v) is 3.18. The second-order valence-corrected chi connectivity index (χ2v) is 7.58. The first-order valence-corrected chi connectivity index (χ1v) is 9.71. The molecule has 0 heterocycles. The van der Waals surface area contributed by atoms with Gasteiger partial charge in [-0.15, -0.1) is 0 Å². The van der Waals surface area contributed by atoms with Crippen LogP contribution in [-0.4, -0.2) is 39.9 Å². The van der Waals surface area contributed by atoms with Crippen LogP contribution in [-0.2, 0) is 19.7 Å². The smallest absolute Gasteiger partial charge is 0.332 e. The van der Waals surface area contributed by atoms with Gasteiger partial charge in [0.25, 0.3) is 10.1 Å². The van der Waals surface area contributed by atoms with Crippen molar-refractivity contribution in [3.05, 3.63) is 12.2 Å². The van der Waals surface area contributed by atoms with Gasteiger partial charge >= 0.3 is 11.9 Å². The van der Waals surface area contributed by atoms with Crippen molar-refractivity contribution in [2.45, 2.75) is 75.9 Å². The maximum Gasteiger partial charge on any atom is 0.332 e. The Bertz CT molecular complexity index is 525. The van der Waals surface area contributed by atoms with E-state index in [1.54, 1.807) is 0 Å². The fraction of sp³-hybridized carbons (Fsp3) is 0.750. The van der Waals surface area contributed by atoms with Gasteiger partial charge in [-0.3, -0.25) is 14.1 Å². The maximum absolute atomic E-state index is 11.4. The molecule has 7 nitrogen and oxygen atoms in total. The first kappa shape index (κ1) is 22.6. The van der Waals surface area contributed by atoms with E-state index >= 15 is 0 Å². The van der Waals surface area contributed by atoms with Gasteiger partial charge in [-0.2, -0.15) is 8.42 Å². The topological polar surface area (TPSA) is 129 Å². The third kappa shape index (κ3) is 7.92. The Morgan fingerprint density at radius 2 is 1.46 bits per heavy atom. The van der Waals surface area contributed by atoms with Crippen molar-refractivity contribution in [3.8, 4) is 0 Å². The number of carboxylic acids is 2. The van der Waals surface area contributed by atoms with Gasteiger partial charge in [0.2, 0.25) is 4.75 Å². The molecule has 0 fully saturated rings. The van der Waals surface area contributed by atoms with E-state index in [4.69, 9.17) is 14.8 Å². The van der Waals surface area contributed by atoms with Crippen LogP contribution in [0.1, 0.15) is 71.1 Å². The van der Waals surface area contributed by atoms with E-state index in [2.05, 4.69) is 6.92 Å². The average Bonchev–Trinajstić information content (AvgIpc) is 2.46. The first-order chi connectivity index (χ1) is 11.2. The Hall–Kier alpha value is -1.41. The van der Waals surface area contributed by atoms with Crippen molar-refractivity contribution in [1.82, 2.24) is 0 Å².